The predicted molar refractivity (Wildman–Crippen MR) is 41.4 cm³/mol. The van der Waals surface area contributed by atoms with Crippen LogP contribution in [-0.4, -0.2) is 6.51 Å². The quantitative estimate of drug-likeness (QED) is 0.329. The minimum absolute atomic E-state index is 0.361. The molecule has 56 valence electrons. The molecule has 1 N–H and O–H groups in total. The molecule has 3 nitrogen and oxygen atoms in total. The third kappa shape index (κ3) is 2.37. The molecule has 0 radical (unpaired) electrons. The van der Waals surface area contributed by atoms with Gasteiger partial charge in [0.1, 0.15) is 0 Å². The zero-order chi connectivity index (χ0) is 7.23. The highest BCUT2D eigenvalue weighted by molar-refractivity contribution is 6.46. The molecule has 1 aliphatic heterocycles. The van der Waals surface area contributed by atoms with Crippen molar-refractivity contribution in [3.05, 3.63) is 0 Å². The lowest BCUT2D eigenvalue weighted by Crippen LogP contribution is -1.95. The summed E-state index contributed by atoms with van der Waals surface area (Å²) >= 11 is 0. The normalized spacial score (nSPS) is 19.8. The van der Waals surface area contributed by atoms with Gasteiger partial charge >= 0.3 is 0 Å². The number of hydrogen-bond acceptors (Lipinski definition) is 2. The first kappa shape index (κ1) is 7.57. The van der Waals surface area contributed by atoms with Crippen LogP contribution in [0.4, 0.5) is 0 Å². The summed E-state index contributed by atoms with van der Waals surface area (Å²) in [5.74, 6) is 0. The molecule has 0 aromatic heterocycles. The molecule has 1 heterocycles. The molecule has 0 bridgehead atoms. The second kappa shape index (κ2) is 4.31. The van der Waals surface area contributed by atoms with Crippen LogP contribution >= 0.6 is 0 Å². The van der Waals surface area contributed by atoms with Crippen LogP contribution in [0.1, 0.15) is 25.7 Å². The highest BCUT2D eigenvalue weighted by Crippen LogP contribution is 2.15. The van der Waals surface area contributed by atoms with Crippen LogP contribution in [0.2, 0.25) is 12.6 Å². The standard InChI is InChI=1S/C6H13BN3/c8-10-9-7-5-3-1-2-4-6-7/h8H,1-6H2/q-1. The van der Waals surface area contributed by atoms with Gasteiger partial charge in [0.25, 0.3) is 0 Å². The van der Waals surface area contributed by atoms with Gasteiger partial charge in [-0.15, -0.1) is 5.22 Å². The molecule has 0 amide bonds. The Morgan fingerprint density at radius 2 is 1.60 bits per heavy atom. The fraction of sp³-hybridized carbons (Fsp3) is 1.00. The van der Waals surface area contributed by atoms with Gasteiger partial charge in [0, 0.05) is 0 Å². The minimum Gasteiger partial charge on any atom is -0.416 e. The Balaban J connectivity index is 2.42. The largest absolute Gasteiger partial charge is 0.416 e. The van der Waals surface area contributed by atoms with Crippen LogP contribution in [0.3, 0.4) is 0 Å². The van der Waals surface area contributed by atoms with E-state index in [4.69, 9.17) is 5.53 Å². The first-order chi connectivity index (χ1) is 4.93. The molecule has 1 fully saturated rings. The van der Waals surface area contributed by atoms with Crippen molar-refractivity contribution in [1.82, 2.24) is 0 Å². The third-order valence-corrected chi connectivity index (χ3v) is 2.05. The Morgan fingerprint density at radius 1 is 1.00 bits per heavy atom. The molecular formula is C6H13BN3-. The first-order valence-electron chi connectivity index (χ1n) is 4.00. The molecule has 0 spiro atoms. The van der Waals surface area contributed by atoms with Gasteiger partial charge in [-0.25, -0.2) is 0 Å². The molecule has 0 aliphatic carbocycles. The van der Waals surface area contributed by atoms with Gasteiger partial charge in [-0.05, 0) is 6.51 Å². The van der Waals surface area contributed by atoms with E-state index >= 15 is 0 Å². The van der Waals surface area contributed by atoms with Crippen molar-refractivity contribution < 1.29 is 0 Å². The van der Waals surface area contributed by atoms with E-state index in [0.717, 1.165) is 12.6 Å². The number of nitrogens with zero attached hydrogens (tertiary/aromatic N) is 2. The zero-order valence-electron chi connectivity index (χ0n) is 6.21. The van der Waals surface area contributed by atoms with E-state index in [1.54, 1.807) is 0 Å². The van der Waals surface area contributed by atoms with Crippen molar-refractivity contribution >= 4 is 6.51 Å². The number of hydrogen-bond donors (Lipinski definition) is 1. The predicted octanol–water partition coefficient (Wildman–Crippen LogP) is 2.77. The molecule has 0 atom stereocenters. The van der Waals surface area contributed by atoms with E-state index < -0.39 is 0 Å². The maximum absolute atomic E-state index is 6.57. The highest BCUT2D eigenvalue weighted by Gasteiger charge is 1.96. The van der Waals surface area contributed by atoms with E-state index in [-0.39, 0.29) is 0 Å². The molecule has 0 aromatic rings. The molecule has 0 unspecified atom stereocenters. The second-order valence-electron chi connectivity index (χ2n) is 2.86. The Hall–Kier alpha value is -0.535. The molecule has 0 saturated carbocycles. The lowest BCUT2D eigenvalue weighted by Gasteiger charge is -2.06. The van der Waals surface area contributed by atoms with Crippen molar-refractivity contribution in [3.63, 3.8) is 0 Å². The average Bonchev–Trinajstić information content (AvgIpc) is 2.17. The summed E-state index contributed by atoms with van der Waals surface area (Å²) in [5.41, 5.74) is 6.57. The average molecular weight is 138 g/mol. The van der Waals surface area contributed by atoms with Crippen LogP contribution in [-0.2, 0) is 0 Å². The van der Waals surface area contributed by atoms with Crippen molar-refractivity contribution in [3.8, 4) is 0 Å². The maximum atomic E-state index is 6.57. The third-order valence-electron chi connectivity index (χ3n) is 2.05. The molecule has 1 saturated heterocycles. The van der Waals surface area contributed by atoms with E-state index in [2.05, 4.69) is 10.2 Å². The van der Waals surface area contributed by atoms with Gasteiger partial charge in [0.2, 0.25) is 0 Å². The van der Waals surface area contributed by atoms with E-state index in [1.807, 2.05) is 0 Å². The molecule has 10 heavy (non-hydrogen) atoms. The Kier molecular flexibility index (Phi) is 3.26. The van der Waals surface area contributed by atoms with Gasteiger partial charge in [0.05, 0.1) is 0 Å². The van der Waals surface area contributed by atoms with E-state index in [0.29, 0.717) is 6.51 Å². The van der Waals surface area contributed by atoms with Crippen LogP contribution in [0, 0.1) is 5.53 Å². The summed E-state index contributed by atoms with van der Waals surface area (Å²) in [5, 5.41) is 6.91. The van der Waals surface area contributed by atoms with Crippen molar-refractivity contribution in [2.45, 2.75) is 38.3 Å². The summed E-state index contributed by atoms with van der Waals surface area (Å²) < 4.78 is 0. The monoisotopic (exact) mass is 138 g/mol. The Morgan fingerprint density at radius 3 is 2.10 bits per heavy atom. The van der Waals surface area contributed by atoms with E-state index in [9.17, 15) is 0 Å². The van der Waals surface area contributed by atoms with Gasteiger partial charge < -0.3 is 5.00 Å². The summed E-state index contributed by atoms with van der Waals surface area (Å²) in [7, 11) is 0. The summed E-state index contributed by atoms with van der Waals surface area (Å²) in [6.07, 6.45) is 7.49. The summed E-state index contributed by atoms with van der Waals surface area (Å²) in [4.78, 5) is 0. The van der Waals surface area contributed by atoms with Crippen LogP contribution in [0.15, 0.2) is 10.2 Å². The van der Waals surface area contributed by atoms with Crippen LogP contribution < -0.4 is 0 Å². The van der Waals surface area contributed by atoms with Gasteiger partial charge in [-0.3, -0.25) is 0 Å². The van der Waals surface area contributed by atoms with Gasteiger partial charge in [0.15, 0.2) is 0 Å². The lowest BCUT2D eigenvalue weighted by molar-refractivity contribution is 0.720. The topological polar surface area (TPSA) is 48.6 Å². The summed E-state index contributed by atoms with van der Waals surface area (Å²) in [6.45, 7) is 0.361. The molecule has 1 rings (SSSR count). The molecular weight excluding hydrogens is 125 g/mol. The second-order valence-corrected chi connectivity index (χ2v) is 2.86. The van der Waals surface area contributed by atoms with Crippen LogP contribution in [0.25, 0.3) is 0 Å². The SMILES string of the molecule is N=NN=[B-]1CCCCCC1. The fourth-order valence-electron chi connectivity index (χ4n) is 1.45. The molecule has 1 aliphatic rings. The molecule has 4 heteroatoms. The lowest BCUT2D eigenvalue weighted by atomic mass is 9.64. The highest BCUT2D eigenvalue weighted by atomic mass is 15.3. The number of nitrogens with one attached hydrogen (secondary N) is 1. The fourth-order valence-corrected chi connectivity index (χ4v) is 1.45. The Bertz CT molecular complexity index is 134. The number of rotatable bonds is 1. The minimum atomic E-state index is 0.361. The van der Waals surface area contributed by atoms with Crippen LogP contribution in [0.5, 0.6) is 0 Å². The zero-order valence-corrected chi connectivity index (χ0v) is 6.21. The Labute approximate surface area is 61.5 Å². The van der Waals surface area contributed by atoms with Gasteiger partial charge in [-0.1, -0.05) is 25.7 Å². The van der Waals surface area contributed by atoms with Crippen molar-refractivity contribution in [2.75, 3.05) is 0 Å². The maximum Gasteiger partial charge on any atom is -0.0182 e. The van der Waals surface area contributed by atoms with Crippen molar-refractivity contribution in [2.24, 2.45) is 10.2 Å². The summed E-state index contributed by atoms with van der Waals surface area (Å²) in [6, 6.07) is 0. The first-order valence-corrected chi connectivity index (χ1v) is 4.00. The van der Waals surface area contributed by atoms with Crippen molar-refractivity contribution in [1.29, 1.82) is 5.53 Å². The smallest absolute Gasteiger partial charge is 0.0182 e. The van der Waals surface area contributed by atoms with Gasteiger partial charge in [-0.2, -0.15) is 18.2 Å². The molecule has 0 aromatic carbocycles. The van der Waals surface area contributed by atoms with E-state index in [1.165, 1.54) is 25.7 Å².